The Labute approximate surface area is 84.6 Å². The van der Waals surface area contributed by atoms with Gasteiger partial charge in [-0.15, -0.1) is 0 Å². The molecule has 0 N–H and O–H groups in total. The highest BCUT2D eigenvalue weighted by Crippen LogP contribution is 2.22. The number of para-hydroxylation sites is 2. The molecule has 2 rings (SSSR count). The fourth-order valence-electron chi connectivity index (χ4n) is 1.79. The van der Waals surface area contributed by atoms with E-state index in [1.807, 2.05) is 6.07 Å². The van der Waals surface area contributed by atoms with Gasteiger partial charge < -0.3 is 4.57 Å². The number of hydrogen-bond acceptors (Lipinski definition) is 1. The van der Waals surface area contributed by atoms with Crippen LogP contribution in [0.15, 0.2) is 24.3 Å². The van der Waals surface area contributed by atoms with E-state index in [0.29, 0.717) is 5.92 Å². The SMILES string of the molecule is CCC(C)c1nc2ccccc2n1C. The van der Waals surface area contributed by atoms with Crippen molar-refractivity contribution in [2.75, 3.05) is 0 Å². The molecular weight excluding hydrogens is 172 g/mol. The smallest absolute Gasteiger partial charge is 0.112 e. The Morgan fingerprint density at radius 3 is 2.71 bits per heavy atom. The molecule has 2 heteroatoms. The molecule has 0 aliphatic rings. The minimum Gasteiger partial charge on any atom is -0.331 e. The molecule has 1 atom stereocenters. The van der Waals surface area contributed by atoms with Crippen molar-refractivity contribution in [1.82, 2.24) is 9.55 Å². The van der Waals surface area contributed by atoms with E-state index in [1.54, 1.807) is 0 Å². The Bertz CT molecular complexity index is 443. The number of aromatic nitrogens is 2. The largest absolute Gasteiger partial charge is 0.331 e. The highest BCUT2D eigenvalue weighted by molar-refractivity contribution is 5.75. The predicted molar refractivity (Wildman–Crippen MR) is 59.4 cm³/mol. The summed E-state index contributed by atoms with van der Waals surface area (Å²) in [6.45, 7) is 4.42. The van der Waals surface area contributed by atoms with Gasteiger partial charge in [0.05, 0.1) is 11.0 Å². The summed E-state index contributed by atoms with van der Waals surface area (Å²) in [6, 6.07) is 8.29. The lowest BCUT2D eigenvalue weighted by Gasteiger charge is -2.07. The molecule has 0 amide bonds. The maximum Gasteiger partial charge on any atom is 0.112 e. The quantitative estimate of drug-likeness (QED) is 0.708. The summed E-state index contributed by atoms with van der Waals surface area (Å²) in [6.07, 6.45) is 1.14. The van der Waals surface area contributed by atoms with E-state index in [0.717, 1.165) is 11.9 Å². The zero-order valence-electron chi connectivity index (χ0n) is 8.99. The molecule has 2 aromatic rings. The topological polar surface area (TPSA) is 17.8 Å². The average Bonchev–Trinajstić information content (AvgIpc) is 2.56. The first-order valence-electron chi connectivity index (χ1n) is 5.15. The van der Waals surface area contributed by atoms with Crippen molar-refractivity contribution in [3.05, 3.63) is 30.1 Å². The fraction of sp³-hybridized carbons (Fsp3) is 0.417. The Balaban J connectivity index is 2.62. The molecule has 1 aromatic heterocycles. The highest BCUT2D eigenvalue weighted by Gasteiger charge is 2.11. The summed E-state index contributed by atoms with van der Waals surface area (Å²) in [5.41, 5.74) is 2.33. The van der Waals surface area contributed by atoms with E-state index in [9.17, 15) is 0 Å². The van der Waals surface area contributed by atoms with Crippen molar-refractivity contribution < 1.29 is 0 Å². The molecule has 74 valence electrons. The molecule has 0 spiro atoms. The number of imidazole rings is 1. The number of aryl methyl sites for hydroxylation is 1. The molecule has 0 bridgehead atoms. The van der Waals surface area contributed by atoms with E-state index in [4.69, 9.17) is 0 Å². The van der Waals surface area contributed by atoms with E-state index in [2.05, 4.69) is 48.6 Å². The summed E-state index contributed by atoms with van der Waals surface area (Å²) in [5.74, 6) is 1.72. The summed E-state index contributed by atoms with van der Waals surface area (Å²) < 4.78 is 2.20. The van der Waals surface area contributed by atoms with E-state index < -0.39 is 0 Å². The van der Waals surface area contributed by atoms with Gasteiger partial charge >= 0.3 is 0 Å². The minimum absolute atomic E-state index is 0.535. The van der Waals surface area contributed by atoms with Crippen LogP contribution in [0.3, 0.4) is 0 Å². The first-order valence-corrected chi connectivity index (χ1v) is 5.15. The molecule has 1 aromatic carbocycles. The summed E-state index contributed by atoms with van der Waals surface area (Å²) in [4.78, 5) is 4.65. The van der Waals surface area contributed by atoms with Gasteiger partial charge in [-0.2, -0.15) is 0 Å². The van der Waals surface area contributed by atoms with Gasteiger partial charge in [0.1, 0.15) is 5.82 Å². The molecule has 2 nitrogen and oxygen atoms in total. The molecule has 0 fully saturated rings. The summed E-state index contributed by atoms with van der Waals surface area (Å²) in [5, 5.41) is 0. The average molecular weight is 188 g/mol. The van der Waals surface area contributed by atoms with Crippen molar-refractivity contribution >= 4 is 11.0 Å². The Hall–Kier alpha value is -1.31. The second-order valence-corrected chi connectivity index (χ2v) is 3.83. The second-order valence-electron chi connectivity index (χ2n) is 3.83. The zero-order chi connectivity index (χ0) is 10.1. The van der Waals surface area contributed by atoms with Crippen molar-refractivity contribution in [2.24, 2.45) is 7.05 Å². The maximum atomic E-state index is 4.65. The first-order chi connectivity index (χ1) is 6.74. The normalized spacial score (nSPS) is 13.4. The van der Waals surface area contributed by atoms with Gasteiger partial charge in [-0.1, -0.05) is 26.0 Å². The minimum atomic E-state index is 0.535. The molecule has 0 saturated heterocycles. The lowest BCUT2D eigenvalue weighted by molar-refractivity contribution is 0.649. The fourth-order valence-corrected chi connectivity index (χ4v) is 1.79. The maximum absolute atomic E-state index is 4.65. The van der Waals surface area contributed by atoms with Crippen LogP contribution in [0.25, 0.3) is 11.0 Å². The number of nitrogens with zero attached hydrogens (tertiary/aromatic N) is 2. The van der Waals surface area contributed by atoms with Crippen molar-refractivity contribution in [1.29, 1.82) is 0 Å². The van der Waals surface area contributed by atoms with Gasteiger partial charge in [-0.05, 0) is 18.6 Å². The van der Waals surface area contributed by atoms with Gasteiger partial charge in [0.25, 0.3) is 0 Å². The molecule has 14 heavy (non-hydrogen) atoms. The Morgan fingerprint density at radius 2 is 2.07 bits per heavy atom. The van der Waals surface area contributed by atoms with Crippen LogP contribution in [0.5, 0.6) is 0 Å². The van der Waals surface area contributed by atoms with Gasteiger partial charge in [-0.25, -0.2) is 4.98 Å². The van der Waals surface area contributed by atoms with Gasteiger partial charge in [0.15, 0.2) is 0 Å². The molecule has 1 unspecified atom stereocenters. The Kier molecular flexibility index (Phi) is 2.28. The van der Waals surface area contributed by atoms with E-state index in [1.165, 1.54) is 11.3 Å². The summed E-state index contributed by atoms with van der Waals surface area (Å²) >= 11 is 0. The van der Waals surface area contributed by atoms with Crippen molar-refractivity contribution in [3.8, 4) is 0 Å². The number of benzene rings is 1. The second kappa shape index (κ2) is 3.45. The Morgan fingerprint density at radius 1 is 1.36 bits per heavy atom. The lowest BCUT2D eigenvalue weighted by atomic mass is 10.1. The predicted octanol–water partition coefficient (Wildman–Crippen LogP) is 3.09. The number of rotatable bonds is 2. The third-order valence-electron chi connectivity index (χ3n) is 2.87. The highest BCUT2D eigenvalue weighted by atomic mass is 15.1. The zero-order valence-corrected chi connectivity index (χ0v) is 8.99. The van der Waals surface area contributed by atoms with Crippen molar-refractivity contribution in [2.45, 2.75) is 26.2 Å². The van der Waals surface area contributed by atoms with Crippen LogP contribution in [-0.2, 0) is 7.05 Å². The first kappa shape index (κ1) is 9.25. The van der Waals surface area contributed by atoms with Crippen LogP contribution in [-0.4, -0.2) is 9.55 Å². The monoisotopic (exact) mass is 188 g/mol. The molecule has 0 aliphatic heterocycles. The van der Waals surface area contributed by atoms with Gasteiger partial charge in [0, 0.05) is 13.0 Å². The van der Waals surface area contributed by atoms with Crippen LogP contribution in [0.4, 0.5) is 0 Å². The molecule has 1 heterocycles. The molecule has 0 radical (unpaired) electrons. The molecule has 0 aliphatic carbocycles. The van der Waals surface area contributed by atoms with Gasteiger partial charge in [-0.3, -0.25) is 0 Å². The lowest BCUT2D eigenvalue weighted by Crippen LogP contribution is -2.01. The standard InChI is InChI=1S/C12H16N2/c1-4-9(2)12-13-10-7-5-6-8-11(10)14(12)3/h5-9H,4H2,1-3H3. The van der Waals surface area contributed by atoms with Crippen LogP contribution < -0.4 is 0 Å². The van der Waals surface area contributed by atoms with Crippen LogP contribution in [0.2, 0.25) is 0 Å². The van der Waals surface area contributed by atoms with E-state index >= 15 is 0 Å². The van der Waals surface area contributed by atoms with Crippen LogP contribution in [0, 0.1) is 0 Å². The van der Waals surface area contributed by atoms with Crippen molar-refractivity contribution in [3.63, 3.8) is 0 Å². The molecular formula is C12H16N2. The summed E-state index contributed by atoms with van der Waals surface area (Å²) in [7, 11) is 2.09. The van der Waals surface area contributed by atoms with Gasteiger partial charge in [0.2, 0.25) is 0 Å². The number of hydrogen-bond donors (Lipinski definition) is 0. The number of fused-ring (bicyclic) bond motifs is 1. The van der Waals surface area contributed by atoms with E-state index in [-0.39, 0.29) is 0 Å². The third-order valence-corrected chi connectivity index (χ3v) is 2.87. The molecule has 0 saturated carbocycles. The van der Waals surface area contributed by atoms with Crippen LogP contribution >= 0.6 is 0 Å². The van der Waals surface area contributed by atoms with Crippen LogP contribution in [0.1, 0.15) is 32.0 Å². The third kappa shape index (κ3) is 1.31.